The Kier molecular flexibility index (Phi) is 6.85. The van der Waals surface area contributed by atoms with Gasteiger partial charge in [0.25, 0.3) is 0 Å². The third kappa shape index (κ3) is 5.46. The zero-order valence-electron chi connectivity index (χ0n) is 16.3. The first-order valence-electron chi connectivity index (χ1n) is 9.78. The van der Waals surface area contributed by atoms with Crippen LogP contribution in [0.15, 0.2) is 78.9 Å². The Bertz CT molecular complexity index is 891. The number of nitrogens with two attached hydrogens (primary N) is 1. The molecular formula is C25H27NO2. The highest BCUT2D eigenvalue weighted by atomic mass is 16.5. The number of rotatable bonds is 8. The Hall–Kier alpha value is -3.07. The second-order valence-corrected chi connectivity index (χ2v) is 7.17. The minimum absolute atomic E-state index is 0.107. The summed E-state index contributed by atoms with van der Waals surface area (Å²) in [7, 11) is 0. The molecule has 0 heterocycles. The van der Waals surface area contributed by atoms with E-state index in [1.165, 1.54) is 5.56 Å². The number of carbonyl (C=O) groups excluding carboxylic acids is 1. The van der Waals surface area contributed by atoms with Crippen LogP contribution in [0.2, 0.25) is 0 Å². The van der Waals surface area contributed by atoms with Crippen LogP contribution in [0.5, 0.6) is 0 Å². The lowest BCUT2D eigenvalue weighted by atomic mass is 9.97. The van der Waals surface area contributed by atoms with Crippen molar-refractivity contribution in [3.05, 3.63) is 90.0 Å². The predicted molar refractivity (Wildman–Crippen MR) is 115 cm³/mol. The standard InChI is InChI=1S/C25H27NO2/c1-19(25(27)28-18-21-10-4-2-5-11-21)9-8-12-20-15-16-23(24(26)17-20)22-13-6-3-7-14-22/h2-7,10-11,13-17,19H,8-9,12,18,26H2,1H3/t19-/m1/s1. The van der Waals surface area contributed by atoms with Gasteiger partial charge in [0.2, 0.25) is 0 Å². The van der Waals surface area contributed by atoms with Crippen molar-refractivity contribution in [1.82, 2.24) is 0 Å². The van der Waals surface area contributed by atoms with Crippen molar-refractivity contribution in [1.29, 1.82) is 0 Å². The maximum atomic E-state index is 12.2. The molecule has 0 aliphatic rings. The highest BCUT2D eigenvalue weighted by molar-refractivity contribution is 5.76. The molecule has 3 heteroatoms. The normalized spacial score (nSPS) is 11.8. The molecule has 3 nitrogen and oxygen atoms in total. The number of carbonyl (C=O) groups is 1. The van der Waals surface area contributed by atoms with Gasteiger partial charge >= 0.3 is 5.97 Å². The number of hydrogen-bond acceptors (Lipinski definition) is 3. The minimum Gasteiger partial charge on any atom is -0.461 e. The van der Waals surface area contributed by atoms with E-state index in [4.69, 9.17) is 10.5 Å². The average molecular weight is 373 g/mol. The van der Waals surface area contributed by atoms with Crippen molar-refractivity contribution < 1.29 is 9.53 Å². The molecule has 2 N–H and O–H groups in total. The van der Waals surface area contributed by atoms with Gasteiger partial charge in [-0.05, 0) is 42.0 Å². The number of nitrogen functional groups attached to an aromatic ring is 1. The van der Waals surface area contributed by atoms with Crippen LogP contribution in [0.3, 0.4) is 0 Å². The fourth-order valence-electron chi connectivity index (χ4n) is 3.25. The fourth-order valence-corrected chi connectivity index (χ4v) is 3.25. The third-order valence-electron chi connectivity index (χ3n) is 4.93. The first-order valence-corrected chi connectivity index (χ1v) is 9.78. The number of ether oxygens (including phenoxy) is 1. The zero-order valence-corrected chi connectivity index (χ0v) is 16.3. The summed E-state index contributed by atoms with van der Waals surface area (Å²) in [5, 5.41) is 0. The number of hydrogen-bond donors (Lipinski definition) is 1. The van der Waals surface area contributed by atoms with Gasteiger partial charge in [-0.2, -0.15) is 0 Å². The van der Waals surface area contributed by atoms with E-state index < -0.39 is 0 Å². The lowest BCUT2D eigenvalue weighted by Crippen LogP contribution is -2.15. The third-order valence-corrected chi connectivity index (χ3v) is 4.93. The summed E-state index contributed by atoms with van der Waals surface area (Å²) >= 11 is 0. The van der Waals surface area contributed by atoms with E-state index in [2.05, 4.69) is 24.3 Å². The first-order chi connectivity index (χ1) is 13.6. The van der Waals surface area contributed by atoms with Crippen molar-refractivity contribution in [2.75, 3.05) is 5.73 Å². The highest BCUT2D eigenvalue weighted by Crippen LogP contribution is 2.27. The molecule has 3 aromatic carbocycles. The predicted octanol–water partition coefficient (Wildman–Crippen LogP) is 5.64. The molecule has 0 amide bonds. The molecule has 3 rings (SSSR count). The molecule has 0 aliphatic heterocycles. The summed E-state index contributed by atoms with van der Waals surface area (Å²) in [6.07, 6.45) is 2.62. The average Bonchev–Trinajstić information content (AvgIpc) is 2.73. The van der Waals surface area contributed by atoms with Crippen LogP contribution in [0.4, 0.5) is 5.69 Å². The molecule has 28 heavy (non-hydrogen) atoms. The van der Waals surface area contributed by atoms with Gasteiger partial charge in [0.1, 0.15) is 6.61 Å². The summed E-state index contributed by atoms with van der Waals surface area (Å²) in [5.74, 6) is -0.243. The second kappa shape index (κ2) is 9.75. The maximum Gasteiger partial charge on any atom is 0.308 e. The molecule has 0 saturated heterocycles. The molecular weight excluding hydrogens is 346 g/mol. The van der Waals surface area contributed by atoms with Crippen LogP contribution in [0, 0.1) is 5.92 Å². The summed E-state index contributed by atoms with van der Waals surface area (Å²) in [6.45, 7) is 2.27. The molecule has 144 valence electrons. The molecule has 0 aliphatic carbocycles. The van der Waals surface area contributed by atoms with Crippen molar-refractivity contribution >= 4 is 11.7 Å². The molecule has 0 aromatic heterocycles. The lowest BCUT2D eigenvalue weighted by molar-refractivity contribution is -0.149. The van der Waals surface area contributed by atoms with Crippen molar-refractivity contribution in [2.45, 2.75) is 32.8 Å². The van der Waals surface area contributed by atoms with E-state index in [9.17, 15) is 4.79 Å². The van der Waals surface area contributed by atoms with Gasteiger partial charge in [0.05, 0.1) is 5.92 Å². The summed E-state index contributed by atoms with van der Waals surface area (Å²) in [6, 6.07) is 26.2. The molecule has 0 bridgehead atoms. The zero-order chi connectivity index (χ0) is 19.8. The molecule has 0 spiro atoms. The smallest absolute Gasteiger partial charge is 0.308 e. The molecule has 3 aromatic rings. The van der Waals surface area contributed by atoms with Crippen molar-refractivity contribution in [3.8, 4) is 11.1 Å². The van der Waals surface area contributed by atoms with Crippen LogP contribution in [0.25, 0.3) is 11.1 Å². The van der Waals surface area contributed by atoms with Crippen LogP contribution >= 0.6 is 0 Å². The Morgan fingerprint density at radius 1 is 0.929 bits per heavy atom. The van der Waals surface area contributed by atoms with Gasteiger partial charge in [-0.1, -0.05) is 79.7 Å². The minimum atomic E-state index is -0.136. The highest BCUT2D eigenvalue weighted by Gasteiger charge is 2.14. The maximum absolute atomic E-state index is 12.2. The molecule has 0 unspecified atom stereocenters. The van der Waals surface area contributed by atoms with E-state index in [1.807, 2.05) is 61.5 Å². The fraction of sp³-hybridized carbons (Fsp3) is 0.240. The van der Waals surface area contributed by atoms with Gasteiger partial charge in [0.15, 0.2) is 0 Å². The number of esters is 1. The molecule has 0 saturated carbocycles. The monoisotopic (exact) mass is 373 g/mol. The topological polar surface area (TPSA) is 52.3 Å². The molecule has 0 radical (unpaired) electrons. The summed E-state index contributed by atoms with van der Waals surface area (Å²) in [5.41, 5.74) is 11.4. The van der Waals surface area contributed by atoms with Gasteiger partial charge in [-0.3, -0.25) is 4.79 Å². The van der Waals surface area contributed by atoms with Crippen molar-refractivity contribution in [3.63, 3.8) is 0 Å². The van der Waals surface area contributed by atoms with Crippen molar-refractivity contribution in [2.24, 2.45) is 5.92 Å². The number of benzene rings is 3. The van der Waals surface area contributed by atoms with Crippen LogP contribution in [-0.4, -0.2) is 5.97 Å². The van der Waals surface area contributed by atoms with Crippen LogP contribution in [-0.2, 0) is 22.6 Å². The van der Waals surface area contributed by atoms with Gasteiger partial charge in [-0.15, -0.1) is 0 Å². The van der Waals surface area contributed by atoms with E-state index in [0.29, 0.717) is 6.61 Å². The quantitative estimate of drug-likeness (QED) is 0.411. The SMILES string of the molecule is C[C@H](CCCc1ccc(-c2ccccc2)c(N)c1)C(=O)OCc1ccccc1. The van der Waals surface area contributed by atoms with Gasteiger partial charge in [0, 0.05) is 11.3 Å². The Morgan fingerprint density at radius 3 is 2.29 bits per heavy atom. The van der Waals surface area contributed by atoms with Gasteiger partial charge < -0.3 is 10.5 Å². The van der Waals surface area contributed by atoms with Crippen LogP contribution in [0.1, 0.15) is 30.9 Å². The first kappa shape index (κ1) is 19.7. The van der Waals surface area contributed by atoms with Crippen LogP contribution < -0.4 is 5.73 Å². The van der Waals surface area contributed by atoms with Gasteiger partial charge in [-0.25, -0.2) is 0 Å². The molecule has 0 fully saturated rings. The van der Waals surface area contributed by atoms with E-state index in [1.54, 1.807) is 0 Å². The number of anilines is 1. The Morgan fingerprint density at radius 2 is 1.61 bits per heavy atom. The molecule has 1 atom stereocenters. The Labute approximate surface area is 167 Å². The number of aryl methyl sites for hydroxylation is 1. The summed E-state index contributed by atoms with van der Waals surface area (Å²) < 4.78 is 5.42. The second-order valence-electron chi connectivity index (χ2n) is 7.17. The Balaban J connectivity index is 1.46. The van der Waals surface area contributed by atoms with E-state index in [0.717, 1.165) is 41.6 Å². The van der Waals surface area contributed by atoms with E-state index >= 15 is 0 Å². The van der Waals surface area contributed by atoms with E-state index in [-0.39, 0.29) is 11.9 Å². The lowest BCUT2D eigenvalue weighted by Gasteiger charge is -2.12. The largest absolute Gasteiger partial charge is 0.461 e. The summed E-state index contributed by atoms with van der Waals surface area (Å²) in [4.78, 5) is 12.2.